The van der Waals surface area contributed by atoms with E-state index in [0.29, 0.717) is 0 Å². The van der Waals surface area contributed by atoms with Crippen LogP contribution in [-0.2, 0) is 0 Å². The molecule has 1 radical (unpaired) electrons. The maximum atomic E-state index is 3.82. The van der Waals surface area contributed by atoms with Gasteiger partial charge in [0, 0.05) is 12.4 Å². The molecule has 35 valence electrons. The first-order chi connectivity index (χ1) is 3.50. The molecule has 1 heterocycles. The van der Waals surface area contributed by atoms with Crippen molar-refractivity contribution in [3.8, 4) is 0 Å². The van der Waals surface area contributed by atoms with Gasteiger partial charge in [-0.1, -0.05) is 6.08 Å². The molecular weight excluding hydrogens is 86.1 g/mol. The summed E-state index contributed by atoms with van der Waals surface area (Å²) in [5.41, 5.74) is 0. The van der Waals surface area contributed by atoms with Gasteiger partial charge in [0.05, 0.1) is 0 Å². The van der Waals surface area contributed by atoms with Crippen LogP contribution in [0.2, 0.25) is 0 Å². The van der Waals surface area contributed by atoms with Gasteiger partial charge in [0.15, 0.2) is 0 Å². The molecule has 1 rings (SSSR count). The van der Waals surface area contributed by atoms with E-state index < -0.39 is 0 Å². The van der Waals surface area contributed by atoms with Gasteiger partial charge in [-0.3, -0.25) is 4.99 Å². The molecule has 1 nitrogen and oxygen atoms in total. The minimum absolute atomic E-state index is 0.889. The predicted molar refractivity (Wildman–Crippen MR) is 30.1 cm³/mol. The summed E-state index contributed by atoms with van der Waals surface area (Å²) in [6, 6.07) is 0. The number of aliphatic imine (C=N–C) groups is 1. The summed E-state index contributed by atoms with van der Waals surface area (Å²) in [5.74, 6) is 0. The normalized spacial score (nSPS) is 17.1. The number of hydrogen-bond acceptors (Lipinski definition) is 1. The van der Waals surface area contributed by atoms with Crippen LogP contribution in [0, 0.1) is 6.08 Å². The third-order valence-electron chi connectivity index (χ3n) is 0.710. The van der Waals surface area contributed by atoms with Crippen LogP contribution in [0.25, 0.3) is 0 Å². The fraction of sp³-hybridized carbons (Fsp3) is 0.167. The number of allylic oxidation sites excluding steroid dienone is 3. The Morgan fingerprint density at radius 2 is 2.57 bits per heavy atom. The zero-order valence-electron chi connectivity index (χ0n) is 3.96. The Morgan fingerprint density at radius 1 is 1.57 bits per heavy atom. The molecule has 0 aromatic rings. The van der Waals surface area contributed by atoms with Gasteiger partial charge >= 0.3 is 0 Å². The number of nitrogens with zero attached hydrogens (tertiary/aromatic N) is 1. The summed E-state index contributed by atoms with van der Waals surface area (Å²) < 4.78 is 0. The molecule has 0 saturated carbocycles. The van der Waals surface area contributed by atoms with E-state index in [1.54, 1.807) is 12.4 Å². The Bertz CT molecular complexity index is 106. The fourth-order valence-electron chi connectivity index (χ4n) is 0.395. The highest BCUT2D eigenvalue weighted by Crippen LogP contribution is 1.87. The van der Waals surface area contributed by atoms with Gasteiger partial charge < -0.3 is 0 Å². The lowest BCUT2D eigenvalue weighted by Crippen LogP contribution is -1.54. The summed E-state index contributed by atoms with van der Waals surface area (Å²) in [6.07, 6.45) is 11.2. The average molecular weight is 92.1 g/mol. The largest absolute Gasteiger partial charge is 0.264 e. The molecule has 7 heavy (non-hydrogen) atoms. The molecule has 0 unspecified atom stereocenters. The Hall–Kier alpha value is -0.850. The Balaban J connectivity index is 2.60. The summed E-state index contributed by atoms with van der Waals surface area (Å²) in [7, 11) is 0. The Labute approximate surface area is 43.1 Å². The van der Waals surface area contributed by atoms with E-state index in [9.17, 15) is 0 Å². The second-order valence-corrected chi connectivity index (χ2v) is 1.26. The van der Waals surface area contributed by atoms with Gasteiger partial charge in [-0.25, -0.2) is 0 Å². The van der Waals surface area contributed by atoms with Crippen molar-refractivity contribution in [1.29, 1.82) is 0 Å². The standard InChI is InChI=1S/C6H6N/c1-2-4-6-7-5-3-1/h1,3,5-6H,2H2. The van der Waals surface area contributed by atoms with Crippen LogP contribution < -0.4 is 0 Å². The van der Waals surface area contributed by atoms with Crippen LogP contribution >= 0.6 is 0 Å². The van der Waals surface area contributed by atoms with Crippen molar-refractivity contribution in [3.63, 3.8) is 0 Å². The van der Waals surface area contributed by atoms with E-state index >= 15 is 0 Å². The fourth-order valence-corrected chi connectivity index (χ4v) is 0.395. The average Bonchev–Trinajstić information content (AvgIpc) is 1.90. The van der Waals surface area contributed by atoms with Crippen molar-refractivity contribution in [2.24, 2.45) is 4.99 Å². The van der Waals surface area contributed by atoms with Crippen LogP contribution in [0.1, 0.15) is 6.42 Å². The molecule has 0 fully saturated rings. The van der Waals surface area contributed by atoms with E-state index in [-0.39, 0.29) is 0 Å². The van der Waals surface area contributed by atoms with Crippen LogP contribution in [0.4, 0.5) is 0 Å². The Kier molecular flexibility index (Phi) is 1.44. The lowest BCUT2D eigenvalue weighted by atomic mass is 10.4. The van der Waals surface area contributed by atoms with Gasteiger partial charge in [0.25, 0.3) is 0 Å². The van der Waals surface area contributed by atoms with Gasteiger partial charge in [0.2, 0.25) is 0 Å². The summed E-state index contributed by atoms with van der Waals surface area (Å²) in [5, 5.41) is 0. The van der Waals surface area contributed by atoms with Gasteiger partial charge in [0.1, 0.15) is 0 Å². The molecule has 1 heteroatoms. The van der Waals surface area contributed by atoms with Crippen LogP contribution in [0.3, 0.4) is 0 Å². The first kappa shape index (κ1) is 4.31. The zero-order valence-corrected chi connectivity index (χ0v) is 3.96. The Morgan fingerprint density at radius 3 is 3.57 bits per heavy atom. The van der Waals surface area contributed by atoms with E-state index in [0.717, 1.165) is 6.42 Å². The lowest BCUT2D eigenvalue weighted by molar-refractivity contribution is 1.33. The molecule has 1 aliphatic heterocycles. The molecule has 0 atom stereocenters. The highest BCUT2D eigenvalue weighted by molar-refractivity contribution is 5.71. The zero-order chi connectivity index (χ0) is 4.95. The second kappa shape index (κ2) is 2.35. The molecular formula is C6H6N. The predicted octanol–water partition coefficient (Wildman–Crippen LogP) is 1.33. The monoisotopic (exact) mass is 92.1 g/mol. The molecule has 0 aromatic carbocycles. The SMILES string of the molecule is [C]1=CN=CC=CC1. The molecule has 0 spiro atoms. The lowest BCUT2D eigenvalue weighted by Gasteiger charge is -1.67. The molecule has 0 N–H and O–H groups in total. The van der Waals surface area contributed by atoms with E-state index in [2.05, 4.69) is 11.1 Å². The molecule has 0 amide bonds. The smallest absolute Gasteiger partial charge is 0.0306 e. The highest BCUT2D eigenvalue weighted by atomic mass is 14.7. The maximum absolute atomic E-state index is 3.82. The van der Waals surface area contributed by atoms with E-state index in [1.807, 2.05) is 12.2 Å². The van der Waals surface area contributed by atoms with Crippen LogP contribution in [0.15, 0.2) is 23.3 Å². The van der Waals surface area contributed by atoms with Crippen molar-refractivity contribution < 1.29 is 0 Å². The van der Waals surface area contributed by atoms with Gasteiger partial charge in [-0.2, -0.15) is 0 Å². The first-order valence-electron chi connectivity index (χ1n) is 2.23. The minimum atomic E-state index is 0.889. The third-order valence-corrected chi connectivity index (χ3v) is 0.710. The van der Waals surface area contributed by atoms with Crippen molar-refractivity contribution >= 4 is 6.21 Å². The maximum Gasteiger partial charge on any atom is 0.0306 e. The summed E-state index contributed by atoms with van der Waals surface area (Å²) >= 11 is 0. The molecule has 0 bridgehead atoms. The topological polar surface area (TPSA) is 12.4 Å². The number of hydrogen-bond donors (Lipinski definition) is 0. The third kappa shape index (κ3) is 1.35. The van der Waals surface area contributed by atoms with Crippen molar-refractivity contribution in [1.82, 2.24) is 0 Å². The van der Waals surface area contributed by atoms with Gasteiger partial charge in [-0.15, -0.1) is 0 Å². The van der Waals surface area contributed by atoms with Crippen LogP contribution in [0.5, 0.6) is 0 Å². The summed E-state index contributed by atoms with van der Waals surface area (Å²) in [4.78, 5) is 3.82. The number of rotatable bonds is 0. The van der Waals surface area contributed by atoms with E-state index in [1.165, 1.54) is 0 Å². The van der Waals surface area contributed by atoms with Crippen molar-refractivity contribution in [2.45, 2.75) is 6.42 Å². The van der Waals surface area contributed by atoms with E-state index in [4.69, 9.17) is 0 Å². The molecule has 1 aliphatic rings. The molecule has 0 aliphatic carbocycles. The molecule has 0 saturated heterocycles. The van der Waals surface area contributed by atoms with Crippen molar-refractivity contribution in [2.75, 3.05) is 0 Å². The highest BCUT2D eigenvalue weighted by Gasteiger charge is 1.72. The summed E-state index contributed by atoms with van der Waals surface area (Å²) in [6.45, 7) is 0. The minimum Gasteiger partial charge on any atom is -0.264 e. The van der Waals surface area contributed by atoms with Gasteiger partial charge in [-0.05, 0) is 18.6 Å². The molecule has 0 aromatic heterocycles. The second-order valence-electron chi connectivity index (χ2n) is 1.26. The van der Waals surface area contributed by atoms with Crippen molar-refractivity contribution in [3.05, 3.63) is 24.4 Å². The quantitative estimate of drug-likeness (QED) is 0.427. The van der Waals surface area contributed by atoms with Crippen LogP contribution in [-0.4, -0.2) is 6.21 Å². The first-order valence-corrected chi connectivity index (χ1v) is 2.23.